The average molecular weight is 351 g/mol. The molecule has 2 aromatic rings. The zero-order valence-corrected chi connectivity index (χ0v) is 15.5. The van der Waals surface area contributed by atoms with E-state index in [9.17, 15) is 9.59 Å². The number of nitrogens with zero attached hydrogens (tertiary/aromatic N) is 2. The van der Waals surface area contributed by atoms with Gasteiger partial charge in [-0.25, -0.2) is 0 Å². The molecule has 2 heterocycles. The number of amides is 2. The number of nitrogens with one attached hydrogen (secondary N) is 1. The Morgan fingerprint density at radius 2 is 1.54 bits per heavy atom. The third-order valence-corrected chi connectivity index (χ3v) is 5.58. The van der Waals surface area contributed by atoms with Crippen molar-refractivity contribution in [2.45, 2.75) is 33.1 Å². The van der Waals surface area contributed by atoms with Crippen LogP contribution >= 0.6 is 0 Å². The summed E-state index contributed by atoms with van der Waals surface area (Å²) in [6.45, 7) is 6.22. The van der Waals surface area contributed by atoms with Crippen LogP contribution in [0, 0.1) is 13.8 Å². The van der Waals surface area contributed by atoms with Crippen LogP contribution in [0.3, 0.4) is 0 Å². The van der Waals surface area contributed by atoms with Crippen LogP contribution in [-0.2, 0) is 12.8 Å². The zero-order chi connectivity index (χ0) is 18.3. The molecule has 1 aromatic heterocycles. The molecule has 5 heteroatoms. The van der Waals surface area contributed by atoms with Crippen molar-refractivity contribution in [3.63, 3.8) is 0 Å². The van der Waals surface area contributed by atoms with Gasteiger partial charge in [0, 0.05) is 43.1 Å². The number of aryl methyl sites for hydroxylation is 4. The molecule has 0 spiro atoms. The number of aromatic amines is 1. The van der Waals surface area contributed by atoms with Gasteiger partial charge in [-0.3, -0.25) is 9.59 Å². The number of carbonyl (C=O) groups is 2. The van der Waals surface area contributed by atoms with E-state index in [0.29, 0.717) is 26.2 Å². The zero-order valence-electron chi connectivity index (χ0n) is 15.5. The summed E-state index contributed by atoms with van der Waals surface area (Å²) in [5.41, 5.74) is 6.13. The second kappa shape index (κ2) is 6.63. The van der Waals surface area contributed by atoms with Crippen molar-refractivity contribution in [3.8, 4) is 0 Å². The summed E-state index contributed by atoms with van der Waals surface area (Å²) in [6.07, 6.45) is 3.39. The predicted molar refractivity (Wildman–Crippen MR) is 101 cm³/mol. The molecule has 0 saturated carbocycles. The first kappa shape index (κ1) is 16.9. The van der Waals surface area contributed by atoms with Crippen LogP contribution in [0.25, 0.3) is 0 Å². The third kappa shape index (κ3) is 3.02. The Bertz CT molecular complexity index is 860. The van der Waals surface area contributed by atoms with Crippen LogP contribution in [0.4, 0.5) is 0 Å². The van der Waals surface area contributed by atoms with Crippen molar-refractivity contribution in [1.29, 1.82) is 0 Å². The lowest BCUT2D eigenvalue weighted by molar-refractivity contribution is 0.0535. The monoisotopic (exact) mass is 351 g/mol. The van der Waals surface area contributed by atoms with E-state index in [1.165, 1.54) is 17.5 Å². The molecule has 2 aliphatic rings. The number of aromatic nitrogens is 1. The predicted octanol–water partition coefficient (Wildman–Crippen LogP) is 2.72. The van der Waals surface area contributed by atoms with Gasteiger partial charge >= 0.3 is 0 Å². The van der Waals surface area contributed by atoms with Gasteiger partial charge in [-0.05, 0) is 62.4 Å². The molecule has 0 bridgehead atoms. The number of carbonyl (C=O) groups excluding carboxylic acids is 2. The first-order chi connectivity index (χ1) is 12.5. The maximum Gasteiger partial charge on any atom is 0.255 e. The van der Waals surface area contributed by atoms with E-state index < -0.39 is 0 Å². The minimum Gasteiger partial charge on any atom is -0.362 e. The maximum atomic E-state index is 12.8. The summed E-state index contributed by atoms with van der Waals surface area (Å²) < 4.78 is 0. The van der Waals surface area contributed by atoms with Gasteiger partial charge in [-0.1, -0.05) is 6.07 Å². The normalized spacial score (nSPS) is 16.7. The first-order valence-corrected chi connectivity index (χ1v) is 9.39. The van der Waals surface area contributed by atoms with Crippen LogP contribution in [0.15, 0.2) is 24.3 Å². The van der Waals surface area contributed by atoms with E-state index >= 15 is 0 Å². The van der Waals surface area contributed by atoms with Crippen molar-refractivity contribution >= 4 is 11.8 Å². The molecule has 5 nitrogen and oxygen atoms in total. The Morgan fingerprint density at radius 3 is 2.19 bits per heavy atom. The number of rotatable bonds is 2. The number of hydrogen-bond acceptors (Lipinski definition) is 2. The molecule has 1 N–H and O–H groups in total. The highest BCUT2D eigenvalue weighted by Crippen LogP contribution is 2.24. The quantitative estimate of drug-likeness (QED) is 0.904. The lowest BCUT2D eigenvalue weighted by atomic mass is 10.1. The van der Waals surface area contributed by atoms with E-state index in [1.807, 2.05) is 35.8 Å². The fourth-order valence-corrected chi connectivity index (χ4v) is 4.12. The smallest absolute Gasteiger partial charge is 0.255 e. The fraction of sp³-hybridized carbons (Fsp3) is 0.429. The molecular formula is C21H25N3O2. The second-order valence-electron chi connectivity index (χ2n) is 7.41. The van der Waals surface area contributed by atoms with E-state index in [0.717, 1.165) is 35.4 Å². The molecule has 136 valence electrons. The van der Waals surface area contributed by atoms with Crippen molar-refractivity contribution < 1.29 is 9.59 Å². The largest absolute Gasteiger partial charge is 0.362 e. The molecule has 2 amide bonds. The summed E-state index contributed by atoms with van der Waals surface area (Å²) >= 11 is 0. The molecule has 1 aliphatic carbocycles. The minimum absolute atomic E-state index is 0.0523. The summed E-state index contributed by atoms with van der Waals surface area (Å²) in [4.78, 5) is 32.4. The second-order valence-corrected chi connectivity index (χ2v) is 7.41. The number of piperazine rings is 1. The van der Waals surface area contributed by atoms with E-state index in [-0.39, 0.29) is 11.8 Å². The van der Waals surface area contributed by atoms with Gasteiger partial charge in [0.05, 0.1) is 5.56 Å². The highest BCUT2D eigenvalue weighted by Gasteiger charge is 2.27. The van der Waals surface area contributed by atoms with Crippen LogP contribution in [-0.4, -0.2) is 52.8 Å². The number of hydrogen-bond donors (Lipinski definition) is 1. The molecule has 0 atom stereocenters. The molecule has 1 aromatic carbocycles. The van der Waals surface area contributed by atoms with E-state index in [2.05, 4.69) is 17.1 Å². The minimum atomic E-state index is 0.0523. The standard InChI is InChI=1S/C21H25N3O2/c1-14-12-19(15(2)22-14)21(26)24-10-8-23(9-11-24)20(25)18-7-6-16-4-3-5-17(16)13-18/h6-7,12-13,22H,3-5,8-11H2,1-2H3. The van der Waals surface area contributed by atoms with Gasteiger partial charge < -0.3 is 14.8 Å². The Labute approximate surface area is 154 Å². The highest BCUT2D eigenvalue weighted by atomic mass is 16.2. The molecule has 0 radical (unpaired) electrons. The van der Waals surface area contributed by atoms with E-state index in [4.69, 9.17) is 0 Å². The Morgan fingerprint density at radius 1 is 0.885 bits per heavy atom. The highest BCUT2D eigenvalue weighted by molar-refractivity contribution is 5.97. The molecular weight excluding hydrogens is 326 g/mol. The van der Waals surface area contributed by atoms with Gasteiger partial charge in [0.2, 0.25) is 0 Å². The number of fused-ring (bicyclic) bond motifs is 1. The van der Waals surface area contributed by atoms with Gasteiger partial charge in [0.15, 0.2) is 0 Å². The lowest BCUT2D eigenvalue weighted by Gasteiger charge is -2.35. The van der Waals surface area contributed by atoms with Crippen molar-refractivity contribution in [2.75, 3.05) is 26.2 Å². The van der Waals surface area contributed by atoms with Gasteiger partial charge in [0.25, 0.3) is 11.8 Å². The summed E-state index contributed by atoms with van der Waals surface area (Å²) in [6, 6.07) is 8.02. The first-order valence-electron chi connectivity index (χ1n) is 9.39. The van der Waals surface area contributed by atoms with Crippen LogP contribution in [0.1, 0.15) is 49.7 Å². The van der Waals surface area contributed by atoms with E-state index in [1.54, 1.807) is 0 Å². The molecule has 1 aliphatic heterocycles. The lowest BCUT2D eigenvalue weighted by Crippen LogP contribution is -2.50. The van der Waals surface area contributed by atoms with Crippen LogP contribution in [0.5, 0.6) is 0 Å². The summed E-state index contributed by atoms with van der Waals surface area (Å²) in [7, 11) is 0. The van der Waals surface area contributed by atoms with Crippen molar-refractivity contribution in [2.24, 2.45) is 0 Å². The Hall–Kier alpha value is -2.56. The number of benzene rings is 1. The van der Waals surface area contributed by atoms with Crippen molar-refractivity contribution in [1.82, 2.24) is 14.8 Å². The summed E-state index contributed by atoms with van der Waals surface area (Å²) in [5, 5.41) is 0. The van der Waals surface area contributed by atoms with Crippen molar-refractivity contribution in [3.05, 3.63) is 57.9 Å². The van der Waals surface area contributed by atoms with Crippen LogP contribution in [0.2, 0.25) is 0 Å². The van der Waals surface area contributed by atoms with Crippen LogP contribution < -0.4 is 0 Å². The molecule has 4 rings (SSSR count). The third-order valence-electron chi connectivity index (χ3n) is 5.58. The number of H-pyrrole nitrogens is 1. The SMILES string of the molecule is Cc1cc(C(=O)N2CCN(C(=O)c3ccc4c(c3)CCC4)CC2)c(C)[nH]1. The molecule has 1 saturated heterocycles. The Kier molecular flexibility index (Phi) is 4.31. The Balaban J connectivity index is 1.41. The molecule has 1 fully saturated rings. The molecule has 0 unspecified atom stereocenters. The van der Waals surface area contributed by atoms with Gasteiger partial charge in [-0.15, -0.1) is 0 Å². The summed E-state index contributed by atoms with van der Waals surface area (Å²) in [5.74, 6) is 0.136. The molecule has 26 heavy (non-hydrogen) atoms. The van der Waals surface area contributed by atoms with Gasteiger partial charge in [0.1, 0.15) is 0 Å². The maximum absolute atomic E-state index is 12.8. The topological polar surface area (TPSA) is 56.4 Å². The average Bonchev–Trinajstić information content (AvgIpc) is 3.25. The van der Waals surface area contributed by atoms with Gasteiger partial charge in [-0.2, -0.15) is 0 Å². The fourth-order valence-electron chi connectivity index (χ4n) is 4.12.